The van der Waals surface area contributed by atoms with Crippen LogP contribution in [0.4, 0.5) is 8.78 Å². The van der Waals surface area contributed by atoms with Crippen LogP contribution in [0.25, 0.3) is 0 Å². The molecule has 0 saturated heterocycles. The zero-order chi connectivity index (χ0) is 11.1. The first-order valence-electron chi connectivity index (χ1n) is 4.85. The molecule has 1 rings (SSSR count). The van der Waals surface area contributed by atoms with Gasteiger partial charge in [0.25, 0.3) is 0 Å². The molecular formula is C11H14ClF2N. The first kappa shape index (κ1) is 12.4. The Bertz CT molecular complexity index is 270. The monoisotopic (exact) mass is 233 g/mol. The fourth-order valence-corrected chi connectivity index (χ4v) is 1.60. The average Bonchev–Trinajstić information content (AvgIpc) is 2.22. The molecule has 0 atom stereocenters. The van der Waals surface area contributed by atoms with Crippen LogP contribution in [0.2, 0.25) is 0 Å². The second-order valence-corrected chi connectivity index (χ2v) is 3.66. The SMILES string of the molecule is FCCN(CCCl)Cc1ccc(F)cc1. The highest BCUT2D eigenvalue weighted by molar-refractivity contribution is 6.18. The summed E-state index contributed by atoms with van der Waals surface area (Å²) < 4.78 is 24.8. The van der Waals surface area contributed by atoms with Gasteiger partial charge in [-0.2, -0.15) is 0 Å². The summed E-state index contributed by atoms with van der Waals surface area (Å²) >= 11 is 5.60. The molecule has 0 heterocycles. The van der Waals surface area contributed by atoms with Crippen LogP contribution in [0.3, 0.4) is 0 Å². The van der Waals surface area contributed by atoms with Gasteiger partial charge in [0.1, 0.15) is 12.5 Å². The van der Waals surface area contributed by atoms with Gasteiger partial charge in [-0.3, -0.25) is 4.90 Å². The average molecular weight is 234 g/mol. The molecule has 15 heavy (non-hydrogen) atoms. The van der Waals surface area contributed by atoms with Gasteiger partial charge in [0.15, 0.2) is 0 Å². The quantitative estimate of drug-likeness (QED) is 0.683. The van der Waals surface area contributed by atoms with E-state index in [9.17, 15) is 8.78 Å². The molecule has 0 spiro atoms. The Hall–Kier alpha value is -0.670. The predicted molar refractivity (Wildman–Crippen MR) is 58.4 cm³/mol. The molecule has 0 radical (unpaired) electrons. The van der Waals surface area contributed by atoms with E-state index in [1.54, 1.807) is 12.1 Å². The van der Waals surface area contributed by atoms with Gasteiger partial charge in [-0.05, 0) is 17.7 Å². The molecule has 0 aliphatic carbocycles. The minimum atomic E-state index is -0.391. The number of hydrogen-bond donors (Lipinski definition) is 0. The number of rotatable bonds is 6. The van der Waals surface area contributed by atoms with Crippen LogP contribution < -0.4 is 0 Å². The van der Waals surface area contributed by atoms with Crippen molar-refractivity contribution in [2.75, 3.05) is 25.6 Å². The summed E-state index contributed by atoms with van der Waals surface area (Å²) in [6, 6.07) is 6.22. The van der Waals surface area contributed by atoms with E-state index in [1.807, 2.05) is 4.90 Å². The van der Waals surface area contributed by atoms with Crippen molar-refractivity contribution < 1.29 is 8.78 Å². The first-order chi connectivity index (χ1) is 7.26. The number of nitrogens with zero attached hydrogens (tertiary/aromatic N) is 1. The fourth-order valence-electron chi connectivity index (χ4n) is 1.36. The molecule has 0 amide bonds. The van der Waals surface area contributed by atoms with E-state index in [-0.39, 0.29) is 5.82 Å². The summed E-state index contributed by atoms with van der Waals surface area (Å²) in [7, 11) is 0. The lowest BCUT2D eigenvalue weighted by molar-refractivity contribution is 0.253. The lowest BCUT2D eigenvalue weighted by atomic mass is 10.2. The van der Waals surface area contributed by atoms with E-state index >= 15 is 0 Å². The number of halogens is 3. The van der Waals surface area contributed by atoms with Crippen molar-refractivity contribution in [2.45, 2.75) is 6.54 Å². The molecule has 0 bridgehead atoms. The molecule has 0 aromatic heterocycles. The molecule has 0 unspecified atom stereocenters. The third-order valence-electron chi connectivity index (χ3n) is 2.12. The second kappa shape index (κ2) is 6.75. The Morgan fingerprint density at radius 3 is 2.33 bits per heavy atom. The lowest BCUT2D eigenvalue weighted by Gasteiger charge is -2.19. The number of benzene rings is 1. The minimum absolute atomic E-state index is 0.256. The van der Waals surface area contributed by atoms with Crippen molar-refractivity contribution in [3.05, 3.63) is 35.6 Å². The van der Waals surface area contributed by atoms with E-state index in [2.05, 4.69) is 0 Å². The van der Waals surface area contributed by atoms with Gasteiger partial charge in [-0.1, -0.05) is 12.1 Å². The van der Waals surface area contributed by atoms with Crippen molar-refractivity contribution in [2.24, 2.45) is 0 Å². The topological polar surface area (TPSA) is 3.24 Å². The van der Waals surface area contributed by atoms with E-state index in [0.717, 1.165) is 5.56 Å². The number of alkyl halides is 2. The maximum atomic E-state index is 12.6. The van der Waals surface area contributed by atoms with Gasteiger partial charge in [0.2, 0.25) is 0 Å². The van der Waals surface area contributed by atoms with Crippen LogP contribution in [0.1, 0.15) is 5.56 Å². The smallest absolute Gasteiger partial charge is 0.123 e. The standard InChI is InChI=1S/C11H14ClF2N/c12-5-7-15(8-6-13)9-10-1-3-11(14)4-2-10/h1-4H,5-9H2. The Morgan fingerprint density at radius 1 is 1.13 bits per heavy atom. The minimum Gasteiger partial charge on any atom is -0.295 e. The normalized spacial score (nSPS) is 10.9. The van der Waals surface area contributed by atoms with Gasteiger partial charge in [0.05, 0.1) is 0 Å². The highest BCUT2D eigenvalue weighted by Gasteiger charge is 2.04. The fraction of sp³-hybridized carbons (Fsp3) is 0.455. The van der Waals surface area contributed by atoms with Crippen LogP contribution in [0, 0.1) is 5.82 Å². The molecular weight excluding hydrogens is 220 g/mol. The summed E-state index contributed by atoms with van der Waals surface area (Å²) in [5.41, 5.74) is 0.968. The second-order valence-electron chi connectivity index (χ2n) is 3.28. The van der Waals surface area contributed by atoms with E-state index < -0.39 is 6.67 Å². The molecule has 4 heteroatoms. The molecule has 1 aromatic rings. The summed E-state index contributed by atoms with van der Waals surface area (Å²) in [5.74, 6) is 0.217. The molecule has 0 aliphatic heterocycles. The first-order valence-corrected chi connectivity index (χ1v) is 5.38. The molecule has 84 valence electrons. The zero-order valence-corrected chi connectivity index (χ0v) is 9.18. The van der Waals surface area contributed by atoms with Crippen LogP contribution in [0.5, 0.6) is 0 Å². The third-order valence-corrected chi connectivity index (χ3v) is 2.29. The molecule has 1 nitrogen and oxygen atoms in total. The van der Waals surface area contributed by atoms with E-state index in [4.69, 9.17) is 11.6 Å². The van der Waals surface area contributed by atoms with Crippen LogP contribution in [-0.2, 0) is 6.54 Å². The Labute approximate surface area is 93.7 Å². The summed E-state index contributed by atoms with van der Waals surface area (Å²) in [5, 5.41) is 0. The summed E-state index contributed by atoms with van der Waals surface area (Å²) in [6.45, 7) is 1.22. The Balaban J connectivity index is 2.53. The maximum absolute atomic E-state index is 12.6. The largest absolute Gasteiger partial charge is 0.295 e. The van der Waals surface area contributed by atoms with Crippen molar-refractivity contribution >= 4 is 11.6 Å². The maximum Gasteiger partial charge on any atom is 0.123 e. The summed E-state index contributed by atoms with van der Waals surface area (Å²) in [6.07, 6.45) is 0. The zero-order valence-electron chi connectivity index (χ0n) is 8.43. The van der Waals surface area contributed by atoms with Crippen LogP contribution in [0.15, 0.2) is 24.3 Å². The van der Waals surface area contributed by atoms with Gasteiger partial charge < -0.3 is 0 Å². The van der Waals surface area contributed by atoms with Crippen molar-refractivity contribution in [3.63, 3.8) is 0 Å². The third kappa shape index (κ3) is 4.58. The van der Waals surface area contributed by atoms with E-state index in [1.165, 1.54) is 12.1 Å². The highest BCUT2D eigenvalue weighted by atomic mass is 35.5. The van der Waals surface area contributed by atoms with Gasteiger partial charge >= 0.3 is 0 Å². The molecule has 0 fully saturated rings. The molecule has 0 aliphatic rings. The van der Waals surface area contributed by atoms with Crippen LogP contribution >= 0.6 is 11.6 Å². The van der Waals surface area contributed by atoms with Crippen LogP contribution in [-0.4, -0.2) is 30.5 Å². The Morgan fingerprint density at radius 2 is 1.80 bits per heavy atom. The molecule has 0 N–H and O–H groups in total. The van der Waals surface area contributed by atoms with Crippen molar-refractivity contribution in [1.82, 2.24) is 4.90 Å². The molecule has 1 aromatic carbocycles. The number of hydrogen-bond acceptors (Lipinski definition) is 1. The van der Waals surface area contributed by atoms with Gasteiger partial charge in [-0.15, -0.1) is 11.6 Å². The lowest BCUT2D eigenvalue weighted by Crippen LogP contribution is -2.27. The van der Waals surface area contributed by atoms with E-state index in [0.29, 0.717) is 25.5 Å². The highest BCUT2D eigenvalue weighted by Crippen LogP contribution is 2.06. The van der Waals surface area contributed by atoms with Gasteiger partial charge in [0, 0.05) is 25.5 Å². The van der Waals surface area contributed by atoms with Crippen molar-refractivity contribution in [1.29, 1.82) is 0 Å². The Kier molecular flexibility index (Phi) is 5.58. The van der Waals surface area contributed by atoms with Crippen molar-refractivity contribution in [3.8, 4) is 0 Å². The van der Waals surface area contributed by atoms with Gasteiger partial charge in [-0.25, -0.2) is 8.78 Å². The predicted octanol–water partition coefficient (Wildman–Crippen LogP) is 2.84. The molecule has 0 saturated carbocycles. The summed E-state index contributed by atoms with van der Waals surface area (Å²) in [4.78, 5) is 1.90.